The molecule has 0 bridgehead atoms. The number of nitrogen functional groups attached to an aromatic ring is 1. The van der Waals surface area contributed by atoms with E-state index in [1.165, 1.54) is 0 Å². The third-order valence-corrected chi connectivity index (χ3v) is 2.57. The predicted octanol–water partition coefficient (Wildman–Crippen LogP) is 2.42. The number of aromatic nitrogens is 2. The van der Waals surface area contributed by atoms with Crippen LogP contribution in [-0.2, 0) is 0 Å². The normalized spacial score (nSPS) is 10.8. The second-order valence-corrected chi connectivity index (χ2v) is 4.23. The van der Waals surface area contributed by atoms with Crippen molar-refractivity contribution >= 4 is 5.84 Å². The number of hydrogen-bond acceptors (Lipinski definition) is 2. The lowest BCUT2D eigenvalue weighted by Crippen LogP contribution is -2.18. The van der Waals surface area contributed by atoms with E-state index in [0.29, 0.717) is 5.69 Å². The summed E-state index contributed by atoms with van der Waals surface area (Å²) in [5.41, 5.74) is 8.12. The SMILES string of the molecule is CC(C)n1nc(-c2ccccc2)cc1C(=N)N. The van der Waals surface area contributed by atoms with E-state index in [0.717, 1.165) is 11.3 Å². The van der Waals surface area contributed by atoms with Crippen LogP contribution in [0, 0.1) is 5.41 Å². The van der Waals surface area contributed by atoms with Gasteiger partial charge in [-0.3, -0.25) is 10.1 Å². The third kappa shape index (κ3) is 2.20. The maximum atomic E-state index is 7.56. The Hall–Kier alpha value is -2.10. The number of rotatable bonds is 3. The van der Waals surface area contributed by atoms with Crippen LogP contribution in [0.25, 0.3) is 11.3 Å². The van der Waals surface area contributed by atoms with E-state index in [1.54, 1.807) is 4.68 Å². The maximum Gasteiger partial charge on any atom is 0.141 e. The molecule has 17 heavy (non-hydrogen) atoms. The Morgan fingerprint density at radius 3 is 2.41 bits per heavy atom. The summed E-state index contributed by atoms with van der Waals surface area (Å²) in [5, 5.41) is 12.1. The average Bonchev–Trinajstić information content (AvgIpc) is 2.75. The zero-order valence-corrected chi connectivity index (χ0v) is 10.0. The average molecular weight is 228 g/mol. The molecule has 2 aromatic rings. The Kier molecular flexibility index (Phi) is 2.95. The zero-order chi connectivity index (χ0) is 12.4. The molecule has 1 aromatic carbocycles. The van der Waals surface area contributed by atoms with Crippen LogP contribution >= 0.6 is 0 Å². The van der Waals surface area contributed by atoms with Crippen LogP contribution in [0.3, 0.4) is 0 Å². The van der Waals surface area contributed by atoms with Crippen LogP contribution in [0.2, 0.25) is 0 Å². The van der Waals surface area contributed by atoms with Crippen molar-refractivity contribution in [1.29, 1.82) is 5.41 Å². The van der Waals surface area contributed by atoms with Crippen molar-refractivity contribution in [1.82, 2.24) is 9.78 Å². The van der Waals surface area contributed by atoms with Crippen molar-refractivity contribution in [3.8, 4) is 11.3 Å². The van der Waals surface area contributed by atoms with Gasteiger partial charge in [0.1, 0.15) is 11.5 Å². The second-order valence-electron chi connectivity index (χ2n) is 4.23. The van der Waals surface area contributed by atoms with Gasteiger partial charge < -0.3 is 5.73 Å². The van der Waals surface area contributed by atoms with Crippen LogP contribution in [0.15, 0.2) is 36.4 Å². The van der Waals surface area contributed by atoms with Crippen LogP contribution in [0.4, 0.5) is 0 Å². The molecule has 0 saturated heterocycles. The minimum absolute atomic E-state index is 0.0494. The number of hydrogen-bond donors (Lipinski definition) is 2. The molecule has 4 nitrogen and oxygen atoms in total. The molecule has 0 aliphatic heterocycles. The minimum Gasteiger partial charge on any atom is -0.382 e. The quantitative estimate of drug-likeness (QED) is 0.625. The number of nitrogens with two attached hydrogens (primary N) is 1. The lowest BCUT2D eigenvalue weighted by molar-refractivity contribution is 0.529. The Morgan fingerprint density at radius 2 is 1.94 bits per heavy atom. The van der Waals surface area contributed by atoms with Crippen molar-refractivity contribution in [3.63, 3.8) is 0 Å². The molecule has 0 atom stereocenters. The molecule has 0 radical (unpaired) electrons. The molecule has 4 heteroatoms. The number of nitrogens with one attached hydrogen (secondary N) is 1. The lowest BCUT2D eigenvalue weighted by atomic mass is 10.1. The Labute approximate surface area is 101 Å². The monoisotopic (exact) mass is 228 g/mol. The smallest absolute Gasteiger partial charge is 0.141 e. The topological polar surface area (TPSA) is 67.7 Å². The van der Waals surface area contributed by atoms with Crippen molar-refractivity contribution < 1.29 is 0 Å². The van der Waals surface area contributed by atoms with Crippen molar-refractivity contribution in [2.75, 3.05) is 0 Å². The summed E-state index contributed by atoms with van der Waals surface area (Å²) in [7, 11) is 0. The zero-order valence-electron chi connectivity index (χ0n) is 10.0. The van der Waals surface area contributed by atoms with Crippen LogP contribution in [0.1, 0.15) is 25.6 Å². The molecule has 0 unspecified atom stereocenters. The molecule has 0 aliphatic carbocycles. The first kappa shape index (κ1) is 11.4. The van der Waals surface area contributed by atoms with E-state index >= 15 is 0 Å². The summed E-state index contributed by atoms with van der Waals surface area (Å²) in [6.07, 6.45) is 0. The predicted molar refractivity (Wildman–Crippen MR) is 69.1 cm³/mol. The fraction of sp³-hybridized carbons (Fsp3) is 0.231. The largest absolute Gasteiger partial charge is 0.382 e. The van der Waals surface area contributed by atoms with Crippen LogP contribution < -0.4 is 5.73 Å². The Morgan fingerprint density at radius 1 is 1.29 bits per heavy atom. The van der Waals surface area contributed by atoms with E-state index in [9.17, 15) is 0 Å². The summed E-state index contributed by atoms with van der Waals surface area (Å²) in [6.45, 7) is 4.04. The van der Waals surface area contributed by atoms with Gasteiger partial charge in [0, 0.05) is 11.6 Å². The first-order valence-corrected chi connectivity index (χ1v) is 5.59. The Bertz CT molecular complexity index is 526. The van der Waals surface area contributed by atoms with E-state index in [2.05, 4.69) is 5.10 Å². The molecule has 88 valence electrons. The highest BCUT2D eigenvalue weighted by Gasteiger charge is 2.13. The first-order chi connectivity index (χ1) is 8.09. The van der Waals surface area contributed by atoms with Crippen molar-refractivity contribution in [3.05, 3.63) is 42.1 Å². The minimum atomic E-state index is 0.0494. The van der Waals surface area contributed by atoms with E-state index in [1.807, 2.05) is 50.2 Å². The van der Waals surface area contributed by atoms with Gasteiger partial charge >= 0.3 is 0 Å². The summed E-state index contributed by atoms with van der Waals surface area (Å²) >= 11 is 0. The van der Waals surface area contributed by atoms with Gasteiger partial charge in [0.15, 0.2) is 0 Å². The molecular weight excluding hydrogens is 212 g/mol. The van der Waals surface area contributed by atoms with E-state index in [-0.39, 0.29) is 11.9 Å². The maximum absolute atomic E-state index is 7.56. The molecule has 0 fully saturated rings. The highest BCUT2D eigenvalue weighted by Crippen LogP contribution is 2.20. The van der Waals surface area contributed by atoms with E-state index < -0.39 is 0 Å². The van der Waals surface area contributed by atoms with Crippen LogP contribution in [0.5, 0.6) is 0 Å². The summed E-state index contributed by atoms with van der Waals surface area (Å²) in [5.74, 6) is 0.0494. The highest BCUT2D eigenvalue weighted by molar-refractivity contribution is 5.94. The van der Waals surface area contributed by atoms with Gasteiger partial charge in [0.25, 0.3) is 0 Å². The van der Waals surface area contributed by atoms with Gasteiger partial charge in [-0.05, 0) is 19.9 Å². The molecular formula is C13H16N4. The molecule has 2 rings (SSSR count). The van der Waals surface area contributed by atoms with Crippen molar-refractivity contribution in [2.24, 2.45) is 5.73 Å². The first-order valence-electron chi connectivity index (χ1n) is 5.59. The standard InChI is InChI=1S/C13H16N4/c1-9(2)17-12(13(14)15)8-11(16-17)10-6-4-3-5-7-10/h3-9H,1-2H3,(H3,14,15). The summed E-state index contributed by atoms with van der Waals surface area (Å²) < 4.78 is 1.78. The van der Waals surface area contributed by atoms with Gasteiger partial charge in [-0.15, -0.1) is 0 Å². The molecule has 3 N–H and O–H groups in total. The fourth-order valence-electron chi connectivity index (χ4n) is 1.74. The number of nitrogens with zero attached hydrogens (tertiary/aromatic N) is 2. The summed E-state index contributed by atoms with van der Waals surface area (Å²) in [4.78, 5) is 0. The van der Waals surface area contributed by atoms with Gasteiger partial charge in [0.2, 0.25) is 0 Å². The van der Waals surface area contributed by atoms with Crippen molar-refractivity contribution in [2.45, 2.75) is 19.9 Å². The third-order valence-electron chi connectivity index (χ3n) is 2.57. The molecule has 1 heterocycles. The van der Waals surface area contributed by atoms with E-state index in [4.69, 9.17) is 11.1 Å². The van der Waals surface area contributed by atoms with Gasteiger partial charge in [-0.2, -0.15) is 5.10 Å². The highest BCUT2D eigenvalue weighted by atomic mass is 15.3. The van der Waals surface area contributed by atoms with Gasteiger partial charge in [-0.25, -0.2) is 0 Å². The summed E-state index contributed by atoms with van der Waals surface area (Å²) in [6, 6.07) is 11.9. The molecule has 0 spiro atoms. The number of amidine groups is 1. The number of benzene rings is 1. The van der Waals surface area contributed by atoms with Gasteiger partial charge in [-0.1, -0.05) is 30.3 Å². The van der Waals surface area contributed by atoms with Crippen LogP contribution in [-0.4, -0.2) is 15.6 Å². The lowest BCUT2D eigenvalue weighted by Gasteiger charge is -2.08. The molecule has 0 saturated carbocycles. The molecule has 0 aliphatic rings. The molecule has 1 aromatic heterocycles. The second kappa shape index (κ2) is 4.41. The van der Waals surface area contributed by atoms with Gasteiger partial charge in [0.05, 0.1) is 5.69 Å². The Balaban J connectivity index is 2.51. The fourth-order valence-corrected chi connectivity index (χ4v) is 1.74. The molecule has 0 amide bonds.